The van der Waals surface area contributed by atoms with E-state index in [0.717, 1.165) is 35.1 Å². The van der Waals surface area contributed by atoms with Gasteiger partial charge < -0.3 is 11.1 Å². The summed E-state index contributed by atoms with van der Waals surface area (Å²) in [5.41, 5.74) is 11.9. The van der Waals surface area contributed by atoms with Crippen LogP contribution in [0, 0.1) is 0 Å². The largest absolute Gasteiger partial charge is 0.397 e. The van der Waals surface area contributed by atoms with Gasteiger partial charge in [-0.3, -0.25) is 4.98 Å². The fourth-order valence-corrected chi connectivity index (χ4v) is 3.18. The summed E-state index contributed by atoms with van der Waals surface area (Å²) in [6, 6.07) is 17.1. The average molecular weight is 275 g/mol. The highest BCUT2D eigenvalue weighted by Crippen LogP contribution is 2.30. The molecule has 1 aliphatic rings. The van der Waals surface area contributed by atoms with Gasteiger partial charge in [0.2, 0.25) is 0 Å². The van der Waals surface area contributed by atoms with Crippen molar-refractivity contribution in [3.05, 3.63) is 65.9 Å². The summed E-state index contributed by atoms with van der Waals surface area (Å²) in [4.78, 5) is 4.34. The maximum atomic E-state index is 6.30. The lowest BCUT2D eigenvalue weighted by Crippen LogP contribution is -2.20. The van der Waals surface area contributed by atoms with Crippen LogP contribution < -0.4 is 11.1 Å². The summed E-state index contributed by atoms with van der Waals surface area (Å²) in [6.45, 7) is 0. The van der Waals surface area contributed by atoms with Crippen LogP contribution in [0.1, 0.15) is 11.1 Å². The van der Waals surface area contributed by atoms with E-state index in [1.807, 2.05) is 24.3 Å². The minimum atomic E-state index is 0.416. The number of fused-ring (bicyclic) bond motifs is 2. The van der Waals surface area contributed by atoms with E-state index in [1.165, 1.54) is 11.1 Å². The second-order valence-corrected chi connectivity index (χ2v) is 5.62. The second-order valence-electron chi connectivity index (χ2n) is 5.62. The first-order valence-corrected chi connectivity index (χ1v) is 7.28. The van der Waals surface area contributed by atoms with Crippen molar-refractivity contribution in [3.8, 4) is 0 Å². The Morgan fingerprint density at radius 2 is 1.71 bits per heavy atom. The molecule has 0 aliphatic heterocycles. The number of nitrogens with one attached hydrogen (secondary N) is 1. The summed E-state index contributed by atoms with van der Waals surface area (Å²) >= 11 is 0. The average Bonchev–Trinajstić information content (AvgIpc) is 2.93. The van der Waals surface area contributed by atoms with Gasteiger partial charge in [0.05, 0.1) is 16.9 Å². The number of anilines is 2. The molecule has 0 bridgehead atoms. The van der Waals surface area contributed by atoms with E-state index in [1.54, 1.807) is 6.20 Å². The number of nitrogens with zero attached hydrogens (tertiary/aromatic N) is 1. The maximum absolute atomic E-state index is 6.30. The van der Waals surface area contributed by atoms with Crippen molar-refractivity contribution in [1.29, 1.82) is 0 Å². The molecular weight excluding hydrogens is 258 g/mol. The molecule has 3 heteroatoms. The van der Waals surface area contributed by atoms with Crippen LogP contribution in [0.15, 0.2) is 54.7 Å². The first kappa shape index (κ1) is 12.2. The maximum Gasteiger partial charge on any atom is 0.0724 e. The number of aromatic nitrogens is 1. The molecule has 21 heavy (non-hydrogen) atoms. The number of hydrogen-bond acceptors (Lipinski definition) is 3. The smallest absolute Gasteiger partial charge is 0.0724 e. The summed E-state index contributed by atoms with van der Waals surface area (Å²) in [5.74, 6) is 0. The first-order valence-electron chi connectivity index (χ1n) is 7.28. The molecule has 3 aromatic rings. The predicted octanol–water partition coefficient (Wildman–Crippen LogP) is 3.40. The van der Waals surface area contributed by atoms with Crippen LogP contribution in [0.5, 0.6) is 0 Å². The fourth-order valence-electron chi connectivity index (χ4n) is 3.18. The van der Waals surface area contributed by atoms with Gasteiger partial charge in [-0.2, -0.15) is 0 Å². The van der Waals surface area contributed by atoms with Gasteiger partial charge in [0.1, 0.15) is 0 Å². The lowest BCUT2D eigenvalue weighted by atomic mass is 10.1. The van der Waals surface area contributed by atoms with Crippen LogP contribution >= 0.6 is 0 Å². The standard InChI is InChI=1S/C18H17N3/c19-18-15-6-3-9-20-16(15)7-8-17(18)21-14-10-12-4-1-2-5-13(12)11-14/h1-9,14,21H,10-11,19H2. The van der Waals surface area contributed by atoms with Crippen LogP contribution in [-0.2, 0) is 12.8 Å². The van der Waals surface area contributed by atoms with Gasteiger partial charge in [-0.15, -0.1) is 0 Å². The molecule has 104 valence electrons. The normalized spacial score (nSPS) is 14.3. The molecule has 0 spiro atoms. The lowest BCUT2D eigenvalue weighted by Gasteiger charge is -2.16. The Morgan fingerprint density at radius 3 is 2.48 bits per heavy atom. The van der Waals surface area contributed by atoms with Gasteiger partial charge in [-0.1, -0.05) is 24.3 Å². The zero-order chi connectivity index (χ0) is 14.2. The highest BCUT2D eigenvalue weighted by molar-refractivity contribution is 5.96. The molecule has 1 heterocycles. The van der Waals surface area contributed by atoms with Crippen LogP contribution in [0.25, 0.3) is 10.9 Å². The lowest BCUT2D eigenvalue weighted by molar-refractivity contribution is 0.775. The van der Waals surface area contributed by atoms with Gasteiger partial charge in [-0.05, 0) is 48.2 Å². The minimum absolute atomic E-state index is 0.416. The van der Waals surface area contributed by atoms with Gasteiger partial charge in [0, 0.05) is 17.6 Å². The van der Waals surface area contributed by atoms with E-state index < -0.39 is 0 Å². The highest BCUT2D eigenvalue weighted by atomic mass is 14.9. The number of rotatable bonds is 2. The number of pyridine rings is 1. The van der Waals surface area contributed by atoms with E-state index in [0.29, 0.717) is 6.04 Å². The Morgan fingerprint density at radius 1 is 0.952 bits per heavy atom. The Balaban J connectivity index is 1.63. The Kier molecular flexibility index (Phi) is 2.78. The molecule has 1 aromatic heterocycles. The predicted molar refractivity (Wildman–Crippen MR) is 87.4 cm³/mol. The molecule has 0 saturated carbocycles. The number of nitrogen functional groups attached to an aromatic ring is 1. The zero-order valence-electron chi connectivity index (χ0n) is 11.7. The van der Waals surface area contributed by atoms with E-state index in [4.69, 9.17) is 5.73 Å². The molecule has 0 radical (unpaired) electrons. The summed E-state index contributed by atoms with van der Waals surface area (Å²) in [6.07, 6.45) is 3.91. The van der Waals surface area contributed by atoms with Crippen molar-refractivity contribution < 1.29 is 0 Å². The Labute approximate surface area is 123 Å². The molecule has 0 fully saturated rings. The number of hydrogen-bond donors (Lipinski definition) is 2. The van der Waals surface area contributed by atoms with E-state index in [2.05, 4.69) is 34.6 Å². The molecule has 3 nitrogen and oxygen atoms in total. The van der Waals surface area contributed by atoms with Gasteiger partial charge in [0.15, 0.2) is 0 Å². The van der Waals surface area contributed by atoms with Gasteiger partial charge in [0.25, 0.3) is 0 Å². The third-order valence-electron chi connectivity index (χ3n) is 4.24. The van der Waals surface area contributed by atoms with Gasteiger partial charge in [-0.25, -0.2) is 0 Å². The second kappa shape index (κ2) is 4.77. The summed E-state index contributed by atoms with van der Waals surface area (Å²) in [7, 11) is 0. The Hall–Kier alpha value is -2.55. The topological polar surface area (TPSA) is 50.9 Å². The molecule has 0 atom stereocenters. The summed E-state index contributed by atoms with van der Waals surface area (Å²) in [5, 5.41) is 4.61. The first-order chi connectivity index (χ1) is 10.3. The van der Waals surface area contributed by atoms with Gasteiger partial charge >= 0.3 is 0 Å². The SMILES string of the molecule is Nc1c(NC2Cc3ccccc3C2)ccc2ncccc12. The van der Waals surface area contributed by atoms with E-state index >= 15 is 0 Å². The third kappa shape index (κ3) is 2.11. The third-order valence-corrected chi connectivity index (χ3v) is 4.24. The van der Waals surface area contributed by atoms with Crippen molar-refractivity contribution >= 4 is 22.3 Å². The number of benzene rings is 2. The van der Waals surface area contributed by atoms with Crippen molar-refractivity contribution in [3.63, 3.8) is 0 Å². The zero-order valence-corrected chi connectivity index (χ0v) is 11.7. The van der Waals surface area contributed by atoms with Crippen molar-refractivity contribution in [1.82, 2.24) is 4.98 Å². The molecule has 2 aromatic carbocycles. The Bertz CT molecular complexity index is 785. The van der Waals surface area contributed by atoms with Crippen molar-refractivity contribution in [2.75, 3.05) is 11.1 Å². The van der Waals surface area contributed by atoms with Crippen molar-refractivity contribution in [2.45, 2.75) is 18.9 Å². The molecule has 3 N–H and O–H groups in total. The molecular formula is C18H17N3. The van der Waals surface area contributed by atoms with Crippen LogP contribution in [-0.4, -0.2) is 11.0 Å². The van der Waals surface area contributed by atoms with E-state index in [-0.39, 0.29) is 0 Å². The highest BCUT2D eigenvalue weighted by Gasteiger charge is 2.21. The summed E-state index contributed by atoms with van der Waals surface area (Å²) < 4.78 is 0. The quantitative estimate of drug-likeness (QED) is 0.705. The molecule has 0 amide bonds. The molecule has 0 unspecified atom stereocenters. The molecule has 1 aliphatic carbocycles. The fraction of sp³-hybridized carbons (Fsp3) is 0.167. The molecule has 0 saturated heterocycles. The number of nitrogens with two attached hydrogens (primary N) is 1. The van der Waals surface area contributed by atoms with Crippen LogP contribution in [0.4, 0.5) is 11.4 Å². The van der Waals surface area contributed by atoms with Crippen molar-refractivity contribution in [2.24, 2.45) is 0 Å². The van der Waals surface area contributed by atoms with Crippen LogP contribution in [0.2, 0.25) is 0 Å². The molecule has 4 rings (SSSR count). The monoisotopic (exact) mass is 275 g/mol. The van der Waals surface area contributed by atoms with E-state index in [9.17, 15) is 0 Å². The van der Waals surface area contributed by atoms with Crippen LogP contribution in [0.3, 0.4) is 0 Å². The minimum Gasteiger partial charge on any atom is -0.397 e.